The van der Waals surface area contributed by atoms with Crippen LogP contribution in [0.5, 0.6) is 0 Å². The molecule has 0 saturated carbocycles. The van der Waals surface area contributed by atoms with Crippen molar-refractivity contribution in [1.82, 2.24) is 4.90 Å². The van der Waals surface area contributed by atoms with Gasteiger partial charge in [0, 0.05) is 7.05 Å². The van der Waals surface area contributed by atoms with Crippen molar-refractivity contribution < 1.29 is 35.1 Å². The third-order valence-electron chi connectivity index (χ3n) is 2.00. The van der Waals surface area contributed by atoms with E-state index in [9.17, 15) is 19.8 Å². The molecule has 0 aliphatic heterocycles. The lowest BCUT2D eigenvalue weighted by Crippen LogP contribution is -2.51. The third kappa shape index (κ3) is 3.51. The molecule has 0 heterocycles. The number of aliphatic hydroxyl groups excluding tert-OH is 5. The van der Waals surface area contributed by atoms with Crippen LogP contribution in [0.1, 0.15) is 0 Å². The van der Waals surface area contributed by atoms with Crippen LogP contribution in [0.2, 0.25) is 0 Å². The number of aliphatic hydroxyl groups is 5. The van der Waals surface area contributed by atoms with Gasteiger partial charge >= 0.3 is 0 Å². The molecule has 0 bridgehead atoms. The maximum atomic E-state index is 11.3. The Balaban J connectivity index is 4.54. The Kier molecular flexibility index (Phi) is 6.08. The Bertz CT molecular complexity index is 247. The maximum Gasteiger partial charge on any atom is 0.213 e. The van der Waals surface area contributed by atoms with Crippen molar-refractivity contribution in [3.05, 3.63) is 0 Å². The molecule has 8 heteroatoms. The van der Waals surface area contributed by atoms with Crippen LogP contribution >= 0.6 is 0 Å². The molecular formula is C8H15NO7. The Morgan fingerprint density at radius 3 is 2.19 bits per heavy atom. The molecule has 0 aromatic heterocycles. The number of carbonyl (C=O) groups is 2. The molecular weight excluding hydrogens is 222 g/mol. The molecule has 1 amide bonds. The van der Waals surface area contributed by atoms with E-state index in [4.69, 9.17) is 15.3 Å². The number of likely N-dealkylation sites (N-methyl/N-ethyl adjacent to an activating group) is 1. The zero-order valence-corrected chi connectivity index (χ0v) is 8.59. The average molecular weight is 237 g/mol. The number of hydrogen-bond acceptors (Lipinski definition) is 7. The Morgan fingerprint density at radius 1 is 1.31 bits per heavy atom. The van der Waals surface area contributed by atoms with E-state index in [0.29, 0.717) is 4.90 Å². The first-order valence-corrected chi connectivity index (χ1v) is 4.40. The van der Waals surface area contributed by atoms with Crippen molar-refractivity contribution in [3.8, 4) is 0 Å². The van der Waals surface area contributed by atoms with E-state index in [1.807, 2.05) is 0 Å². The van der Waals surface area contributed by atoms with Gasteiger partial charge in [-0.05, 0) is 0 Å². The lowest BCUT2D eigenvalue weighted by atomic mass is 10.0. The molecule has 0 radical (unpaired) electrons. The summed E-state index contributed by atoms with van der Waals surface area (Å²) in [4.78, 5) is 22.0. The van der Waals surface area contributed by atoms with Crippen molar-refractivity contribution in [2.45, 2.75) is 24.5 Å². The van der Waals surface area contributed by atoms with Gasteiger partial charge in [0.1, 0.15) is 18.3 Å². The van der Waals surface area contributed by atoms with Gasteiger partial charge in [0.2, 0.25) is 12.2 Å². The highest BCUT2D eigenvalue weighted by molar-refractivity contribution is 5.88. The van der Waals surface area contributed by atoms with Crippen LogP contribution in [-0.2, 0) is 9.59 Å². The van der Waals surface area contributed by atoms with E-state index in [1.165, 1.54) is 0 Å². The largest absolute Gasteiger partial charge is 0.394 e. The predicted molar refractivity (Wildman–Crippen MR) is 49.9 cm³/mol. The molecule has 0 fully saturated rings. The summed E-state index contributed by atoms with van der Waals surface area (Å²) in [6.07, 6.45) is -7.52. The second-order valence-corrected chi connectivity index (χ2v) is 3.23. The second-order valence-electron chi connectivity index (χ2n) is 3.23. The van der Waals surface area contributed by atoms with Gasteiger partial charge in [-0.25, -0.2) is 0 Å². The topological polar surface area (TPSA) is 139 Å². The molecule has 0 spiro atoms. The molecule has 5 N–H and O–H groups in total. The van der Waals surface area contributed by atoms with E-state index in [0.717, 1.165) is 7.05 Å². The predicted octanol–water partition coefficient (Wildman–Crippen LogP) is -3.96. The van der Waals surface area contributed by atoms with Crippen molar-refractivity contribution in [2.24, 2.45) is 0 Å². The van der Waals surface area contributed by atoms with Crippen LogP contribution in [-0.4, -0.2) is 80.8 Å². The summed E-state index contributed by atoms with van der Waals surface area (Å²) in [5.41, 5.74) is 0. The SMILES string of the molecule is CN(C=O)C(O)C(=O)[C@H](O)[C@@H](O)[C@H](O)CO. The monoisotopic (exact) mass is 237 g/mol. The van der Waals surface area contributed by atoms with Gasteiger partial charge in [0.15, 0.2) is 6.23 Å². The lowest BCUT2D eigenvalue weighted by Gasteiger charge is -2.25. The Hall–Kier alpha value is -1.06. The van der Waals surface area contributed by atoms with Crippen LogP contribution < -0.4 is 0 Å². The molecule has 0 saturated heterocycles. The van der Waals surface area contributed by atoms with Crippen LogP contribution in [0, 0.1) is 0 Å². The number of hydrogen-bond donors (Lipinski definition) is 5. The standard InChI is InChI=1S/C8H15NO7/c1-9(3-11)8(16)7(15)6(14)5(13)4(12)2-10/h3-6,8,10,12-14,16H,2H2,1H3/t4-,5+,6-,8?/m1/s1. The molecule has 0 aliphatic rings. The molecule has 1 unspecified atom stereocenters. The average Bonchev–Trinajstić information content (AvgIpc) is 2.32. The number of nitrogens with zero attached hydrogens (tertiary/aromatic N) is 1. The minimum absolute atomic E-state index is 0.157. The summed E-state index contributed by atoms with van der Waals surface area (Å²) in [7, 11) is 1.09. The summed E-state index contributed by atoms with van der Waals surface area (Å²) in [6, 6.07) is 0. The van der Waals surface area contributed by atoms with E-state index in [1.54, 1.807) is 0 Å². The highest BCUT2D eigenvalue weighted by Gasteiger charge is 2.34. The summed E-state index contributed by atoms with van der Waals surface area (Å²) in [6.45, 7) is -0.856. The van der Waals surface area contributed by atoms with Gasteiger partial charge in [-0.2, -0.15) is 0 Å². The normalized spacial score (nSPS) is 18.4. The zero-order chi connectivity index (χ0) is 12.9. The van der Waals surface area contributed by atoms with Gasteiger partial charge in [-0.15, -0.1) is 0 Å². The molecule has 0 aromatic rings. The number of ketones is 1. The van der Waals surface area contributed by atoms with E-state index >= 15 is 0 Å². The van der Waals surface area contributed by atoms with Gasteiger partial charge in [-0.3, -0.25) is 9.59 Å². The van der Waals surface area contributed by atoms with Gasteiger partial charge in [0.25, 0.3) is 0 Å². The minimum atomic E-state index is -2.10. The van der Waals surface area contributed by atoms with Crippen LogP contribution in [0.4, 0.5) is 0 Å². The lowest BCUT2D eigenvalue weighted by molar-refractivity contribution is -0.159. The maximum absolute atomic E-state index is 11.3. The van der Waals surface area contributed by atoms with Crippen molar-refractivity contribution in [2.75, 3.05) is 13.7 Å². The van der Waals surface area contributed by atoms with E-state index in [-0.39, 0.29) is 6.41 Å². The summed E-state index contributed by atoms with van der Waals surface area (Å²) >= 11 is 0. The van der Waals surface area contributed by atoms with E-state index in [2.05, 4.69) is 0 Å². The first kappa shape index (κ1) is 14.9. The number of carbonyl (C=O) groups excluding carboxylic acids is 2. The molecule has 94 valence electrons. The van der Waals surface area contributed by atoms with Gasteiger partial charge in [-0.1, -0.05) is 0 Å². The van der Waals surface area contributed by atoms with Crippen LogP contribution in [0.25, 0.3) is 0 Å². The van der Waals surface area contributed by atoms with Crippen molar-refractivity contribution in [1.29, 1.82) is 0 Å². The summed E-state index contributed by atoms with van der Waals surface area (Å²) in [5.74, 6) is -1.25. The third-order valence-corrected chi connectivity index (χ3v) is 2.00. The highest BCUT2D eigenvalue weighted by atomic mass is 16.4. The van der Waals surface area contributed by atoms with Crippen molar-refractivity contribution >= 4 is 12.2 Å². The van der Waals surface area contributed by atoms with Crippen molar-refractivity contribution in [3.63, 3.8) is 0 Å². The van der Waals surface area contributed by atoms with Gasteiger partial charge < -0.3 is 30.4 Å². The molecule has 8 nitrogen and oxygen atoms in total. The fourth-order valence-corrected chi connectivity index (χ4v) is 0.898. The minimum Gasteiger partial charge on any atom is -0.394 e. The second kappa shape index (κ2) is 6.51. The number of Topliss-reactive ketones (excluding diaryl/α,β-unsaturated/α-hetero) is 1. The van der Waals surface area contributed by atoms with Crippen LogP contribution in [0.15, 0.2) is 0 Å². The highest BCUT2D eigenvalue weighted by Crippen LogP contribution is 2.05. The Morgan fingerprint density at radius 2 is 1.81 bits per heavy atom. The Labute approximate surface area is 91.3 Å². The zero-order valence-electron chi connectivity index (χ0n) is 8.59. The molecule has 0 rings (SSSR count). The quantitative estimate of drug-likeness (QED) is 0.225. The fourth-order valence-electron chi connectivity index (χ4n) is 0.898. The summed E-state index contributed by atoms with van der Waals surface area (Å²) in [5, 5.41) is 45.0. The summed E-state index contributed by atoms with van der Waals surface area (Å²) < 4.78 is 0. The molecule has 0 aliphatic carbocycles. The first-order chi connectivity index (χ1) is 7.36. The van der Waals surface area contributed by atoms with E-state index < -0.39 is 36.9 Å². The van der Waals surface area contributed by atoms with Crippen LogP contribution in [0.3, 0.4) is 0 Å². The smallest absolute Gasteiger partial charge is 0.213 e. The molecule has 4 atom stereocenters. The van der Waals surface area contributed by atoms with Gasteiger partial charge in [0.05, 0.1) is 6.61 Å². The fraction of sp³-hybridized carbons (Fsp3) is 0.750. The molecule has 0 aromatic carbocycles. The number of rotatable bonds is 7. The number of amides is 1. The molecule has 16 heavy (non-hydrogen) atoms. The first-order valence-electron chi connectivity index (χ1n) is 4.40.